The van der Waals surface area contributed by atoms with Crippen LogP contribution in [0.2, 0.25) is 0 Å². The predicted molar refractivity (Wildman–Crippen MR) is 103 cm³/mol. The molecule has 4 nitrogen and oxygen atoms in total. The molecule has 2 rings (SSSR count). The number of carbonyl (C=O) groups excluding carboxylic acids is 1. The van der Waals surface area contributed by atoms with Crippen LogP contribution in [0.5, 0.6) is 5.75 Å². The molecule has 0 unspecified atom stereocenters. The minimum atomic E-state index is -0.351. The van der Waals surface area contributed by atoms with Gasteiger partial charge in [0, 0.05) is 23.5 Å². The van der Waals surface area contributed by atoms with E-state index in [1.54, 1.807) is 7.11 Å². The van der Waals surface area contributed by atoms with E-state index in [0.29, 0.717) is 5.56 Å². The maximum Gasteiger partial charge on any atom is 0.251 e. The van der Waals surface area contributed by atoms with Crippen molar-refractivity contribution in [1.29, 1.82) is 0 Å². The number of ether oxygens (including phenoxy) is 1. The summed E-state index contributed by atoms with van der Waals surface area (Å²) in [5, 5.41) is 0. The van der Waals surface area contributed by atoms with Crippen molar-refractivity contribution in [3.05, 3.63) is 41.2 Å². The van der Waals surface area contributed by atoms with Crippen molar-refractivity contribution in [3.63, 3.8) is 0 Å². The Morgan fingerprint density at radius 1 is 1.12 bits per heavy atom. The maximum atomic E-state index is 12.2. The Kier molecular flexibility index (Phi) is 6.68. The third-order valence-corrected chi connectivity index (χ3v) is 4.76. The molecule has 2 aromatic rings. The van der Waals surface area contributed by atoms with Crippen LogP contribution in [0.4, 0.5) is 0 Å². The number of methoxy groups -OCH3 is 1. The second kappa shape index (κ2) is 8.75. The highest BCUT2D eigenvalue weighted by molar-refractivity contribution is 6.02. The molecule has 1 aromatic heterocycles. The maximum absolute atomic E-state index is 12.2. The van der Waals surface area contributed by atoms with Gasteiger partial charge >= 0.3 is 0 Å². The van der Waals surface area contributed by atoms with Crippen LogP contribution in [0.3, 0.4) is 0 Å². The topological polar surface area (TPSA) is 57.2 Å². The predicted octanol–water partition coefficient (Wildman–Crippen LogP) is 4.71. The third kappa shape index (κ3) is 4.06. The van der Waals surface area contributed by atoms with Gasteiger partial charge in [-0.2, -0.15) is 0 Å². The Labute approximate surface area is 151 Å². The monoisotopic (exact) mass is 342 g/mol. The second-order valence-corrected chi connectivity index (χ2v) is 6.48. The minimum absolute atomic E-state index is 0.351. The fourth-order valence-electron chi connectivity index (χ4n) is 3.39. The molecule has 0 saturated carbocycles. The molecule has 0 atom stereocenters. The molecule has 1 aromatic carbocycles. The Balaban J connectivity index is 2.65. The summed E-state index contributed by atoms with van der Waals surface area (Å²) in [4.78, 5) is 12.2. The van der Waals surface area contributed by atoms with Crippen molar-refractivity contribution in [2.45, 2.75) is 59.4 Å². The number of rotatable bonds is 9. The Bertz CT molecular complexity index is 714. The van der Waals surface area contributed by atoms with Crippen LogP contribution in [-0.4, -0.2) is 17.6 Å². The quantitative estimate of drug-likeness (QED) is 0.717. The number of benzene rings is 1. The fraction of sp³-hybridized carbons (Fsp3) is 0.476. The van der Waals surface area contributed by atoms with E-state index in [0.717, 1.165) is 61.2 Å². The summed E-state index contributed by atoms with van der Waals surface area (Å²) in [6.45, 7) is 7.31. The average Bonchev–Trinajstić information content (AvgIpc) is 2.90. The number of primary amides is 1. The van der Waals surface area contributed by atoms with Gasteiger partial charge in [0.2, 0.25) is 0 Å². The molecule has 0 radical (unpaired) electrons. The normalized spacial score (nSPS) is 10.9. The van der Waals surface area contributed by atoms with Gasteiger partial charge in [-0.15, -0.1) is 0 Å². The van der Waals surface area contributed by atoms with Gasteiger partial charge in [0.25, 0.3) is 5.91 Å². The number of nitrogens with zero attached hydrogens (tertiary/aromatic N) is 1. The van der Waals surface area contributed by atoms with Crippen LogP contribution in [0.15, 0.2) is 24.3 Å². The lowest BCUT2D eigenvalue weighted by molar-refractivity contribution is 0.1000. The van der Waals surface area contributed by atoms with E-state index in [1.807, 2.05) is 31.2 Å². The molecule has 2 N–H and O–H groups in total. The summed E-state index contributed by atoms with van der Waals surface area (Å²) >= 11 is 0. The smallest absolute Gasteiger partial charge is 0.251 e. The Morgan fingerprint density at radius 3 is 2.28 bits per heavy atom. The second-order valence-electron chi connectivity index (χ2n) is 6.48. The summed E-state index contributed by atoms with van der Waals surface area (Å²) in [6.07, 6.45) is 5.38. The number of unbranched alkanes of at least 4 members (excludes halogenated alkanes) is 2. The number of amides is 1. The van der Waals surface area contributed by atoms with E-state index in [1.165, 1.54) is 5.69 Å². The van der Waals surface area contributed by atoms with Gasteiger partial charge in [-0.05, 0) is 43.9 Å². The van der Waals surface area contributed by atoms with Gasteiger partial charge in [-0.1, -0.05) is 38.8 Å². The highest BCUT2D eigenvalue weighted by atomic mass is 16.5. The molecule has 1 heterocycles. The van der Waals surface area contributed by atoms with Gasteiger partial charge < -0.3 is 15.0 Å². The van der Waals surface area contributed by atoms with Gasteiger partial charge in [0.05, 0.1) is 12.7 Å². The van der Waals surface area contributed by atoms with Crippen molar-refractivity contribution in [2.24, 2.45) is 5.73 Å². The van der Waals surface area contributed by atoms with E-state index in [4.69, 9.17) is 10.5 Å². The highest BCUT2D eigenvalue weighted by Crippen LogP contribution is 2.35. The SMILES string of the molecule is CCCCc1c(-c2ccc(OC)cc2)c(C(N)=O)c(C)n1CCCC. The van der Waals surface area contributed by atoms with Crippen LogP contribution < -0.4 is 10.5 Å². The molecular weight excluding hydrogens is 312 g/mol. The number of carbonyl (C=O) groups is 1. The Hall–Kier alpha value is -2.23. The molecule has 1 amide bonds. The van der Waals surface area contributed by atoms with Crippen molar-refractivity contribution in [3.8, 4) is 16.9 Å². The first-order valence-electron chi connectivity index (χ1n) is 9.21. The van der Waals surface area contributed by atoms with E-state index in [-0.39, 0.29) is 5.91 Å². The summed E-state index contributed by atoms with van der Waals surface area (Å²) in [5.41, 5.74) is 10.7. The standard InChI is InChI=1S/C21H30N2O2/c1-5-7-9-18-20(16-10-12-17(25-4)13-11-16)19(21(22)24)15(3)23(18)14-8-6-2/h10-13H,5-9,14H2,1-4H3,(H2,22,24). The molecule has 4 heteroatoms. The summed E-state index contributed by atoms with van der Waals surface area (Å²) < 4.78 is 7.57. The van der Waals surface area contributed by atoms with Crippen molar-refractivity contribution in [1.82, 2.24) is 4.57 Å². The summed E-state index contributed by atoms with van der Waals surface area (Å²) in [5.74, 6) is 0.456. The minimum Gasteiger partial charge on any atom is -0.497 e. The van der Waals surface area contributed by atoms with Crippen LogP contribution in [0.25, 0.3) is 11.1 Å². The van der Waals surface area contributed by atoms with Crippen LogP contribution in [0, 0.1) is 6.92 Å². The molecule has 0 aliphatic heterocycles. The lowest BCUT2D eigenvalue weighted by atomic mass is 9.97. The number of hydrogen-bond donors (Lipinski definition) is 1. The molecule has 0 bridgehead atoms. The third-order valence-electron chi connectivity index (χ3n) is 4.76. The highest BCUT2D eigenvalue weighted by Gasteiger charge is 2.24. The van der Waals surface area contributed by atoms with Gasteiger partial charge in [-0.3, -0.25) is 4.79 Å². The molecule has 25 heavy (non-hydrogen) atoms. The average molecular weight is 342 g/mol. The molecule has 0 fully saturated rings. The van der Waals surface area contributed by atoms with Gasteiger partial charge in [-0.25, -0.2) is 0 Å². The van der Waals surface area contributed by atoms with Crippen molar-refractivity contribution < 1.29 is 9.53 Å². The molecular formula is C21H30N2O2. The lowest BCUT2D eigenvalue weighted by Gasteiger charge is -2.13. The van der Waals surface area contributed by atoms with E-state index in [9.17, 15) is 4.79 Å². The molecule has 0 aliphatic carbocycles. The Morgan fingerprint density at radius 2 is 1.76 bits per heavy atom. The van der Waals surface area contributed by atoms with Crippen molar-refractivity contribution in [2.75, 3.05) is 7.11 Å². The molecule has 0 saturated heterocycles. The van der Waals surface area contributed by atoms with Crippen LogP contribution >= 0.6 is 0 Å². The van der Waals surface area contributed by atoms with Gasteiger partial charge in [0.15, 0.2) is 0 Å². The number of hydrogen-bond acceptors (Lipinski definition) is 2. The zero-order valence-corrected chi connectivity index (χ0v) is 15.9. The zero-order valence-electron chi connectivity index (χ0n) is 15.9. The molecule has 0 aliphatic rings. The first kappa shape index (κ1) is 19.1. The first-order valence-corrected chi connectivity index (χ1v) is 9.21. The number of nitrogens with two attached hydrogens (primary N) is 1. The van der Waals surface area contributed by atoms with E-state index in [2.05, 4.69) is 18.4 Å². The van der Waals surface area contributed by atoms with E-state index >= 15 is 0 Å². The van der Waals surface area contributed by atoms with Crippen LogP contribution in [0.1, 0.15) is 61.3 Å². The largest absolute Gasteiger partial charge is 0.497 e. The van der Waals surface area contributed by atoms with Gasteiger partial charge in [0.1, 0.15) is 5.75 Å². The number of aromatic nitrogens is 1. The molecule has 0 spiro atoms. The fourth-order valence-corrected chi connectivity index (χ4v) is 3.39. The first-order chi connectivity index (χ1) is 12.0. The van der Waals surface area contributed by atoms with Crippen LogP contribution in [-0.2, 0) is 13.0 Å². The zero-order chi connectivity index (χ0) is 18.4. The molecule has 136 valence electrons. The lowest BCUT2D eigenvalue weighted by Crippen LogP contribution is -2.13. The summed E-state index contributed by atoms with van der Waals surface area (Å²) in [7, 11) is 1.65. The van der Waals surface area contributed by atoms with E-state index < -0.39 is 0 Å². The summed E-state index contributed by atoms with van der Waals surface area (Å²) in [6, 6.07) is 7.89. The van der Waals surface area contributed by atoms with Crippen molar-refractivity contribution >= 4 is 5.91 Å².